The van der Waals surface area contributed by atoms with Gasteiger partial charge in [-0.15, -0.1) is 0 Å². The standard InChI is InChI=1S/C13H20O4Si/c1-13(2,3)18(4,5)17-12-8-10(16-9-14)6-7-11(12)15/h6,8-9H,7H2,1-5H3. The quantitative estimate of drug-likeness (QED) is 0.581. The van der Waals surface area contributed by atoms with Crippen LogP contribution in [-0.2, 0) is 18.8 Å². The van der Waals surface area contributed by atoms with Gasteiger partial charge in [0.15, 0.2) is 11.5 Å². The van der Waals surface area contributed by atoms with Crippen LogP contribution in [0.5, 0.6) is 0 Å². The van der Waals surface area contributed by atoms with Crippen molar-refractivity contribution >= 4 is 20.6 Å². The first-order valence-electron chi connectivity index (χ1n) is 5.92. The van der Waals surface area contributed by atoms with E-state index < -0.39 is 8.32 Å². The Morgan fingerprint density at radius 3 is 2.44 bits per heavy atom. The van der Waals surface area contributed by atoms with Gasteiger partial charge in [-0.05, 0) is 24.2 Å². The molecule has 0 radical (unpaired) electrons. The molecule has 0 heterocycles. The number of carbonyl (C=O) groups is 2. The zero-order valence-electron chi connectivity index (χ0n) is 11.6. The van der Waals surface area contributed by atoms with Gasteiger partial charge in [0, 0.05) is 12.5 Å². The maximum Gasteiger partial charge on any atom is 0.298 e. The molecular weight excluding hydrogens is 248 g/mol. The smallest absolute Gasteiger partial charge is 0.298 e. The number of allylic oxidation sites excluding steroid dienone is 3. The predicted octanol–water partition coefficient (Wildman–Crippen LogP) is 2.92. The second kappa shape index (κ2) is 5.10. The second-order valence-electron chi connectivity index (χ2n) is 5.82. The molecule has 1 aliphatic carbocycles. The second-order valence-corrected chi connectivity index (χ2v) is 10.5. The minimum absolute atomic E-state index is 0.0148. The molecule has 0 atom stereocenters. The highest BCUT2D eigenvalue weighted by molar-refractivity contribution is 6.74. The summed E-state index contributed by atoms with van der Waals surface area (Å²) in [4.78, 5) is 22.1. The summed E-state index contributed by atoms with van der Waals surface area (Å²) < 4.78 is 10.7. The molecule has 0 saturated heterocycles. The first-order chi connectivity index (χ1) is 8.17. The molecular formula is C13H20O4Si. The maximum atomic E-state index is 11.8. The van der Waals surface area contributed by atoms with Gasteiger partial charge in [0.2, 0.25) is 0 Å². The van der Waals surface area contributed by atoms with Crippen LogP contribution in [0.1, 0.15) is 27.2 Å². The molecule has 0 saturated carbocycles. The van der Waals surface area contributed by atoms with E-state index in [1.165, 1.54) is 6.08 Å². The van der Waals surface area contributed by atoms with Crippen molar-refractivity contribution in [3.05, 3.63) is 23.7 Å². The van der Waals surface area contributed by atoms with Crippen LogP contribution in [0, 0.1) is 0 Å². The molecule has 0 bridgehead atoms. The van der Waals surface area contributed by atoms with Crippen molar-refractivity contribution in [2.24, 2.45) is 0 Å². The molecule has 1 rings (SSSR count). The predicted molar refractivity (Wildman–Crippen MR) is 71.2 cm³/mol. The fourth-order valence-electron chi connectivity index (χ4n) is 1.21. The first-order valence-corrected chi connectivity index (χ1v) is 8.82. The van der Waals surface area contributed by atoms with Crippen LogP contribution in [0.25, 0.3) is 0 Å². The van der Waals surface area contributed by atoms with Crippen LogP contribution in [0.4, 0.5) is 0 Å². The molecule has 18 heavy (non-hydrogen) atoms. The Morgan fingerprint density at radius 2 is 1.94 bits per heavy atom. The number of ether oxygens (including phenoxy) is 1. The highest BCUT2D eigenvalue weighted by Gasteiger charge is 2.40. The molecule has 0 aromatic heterocycles. The van der Waals surface area contributed by atoms with Gasteiger partial charge in [0.25, 0.3) is 14.8 Å². The summed E-state index contributed by atoms with van der Waals surface area (Å²) >= 11 is 0. The Morgan fingerprint density at radius 1 is 1.33 bits per heavy atom. The molecule has 4 nitrogen and oxygen atoms in total. The molecule has 0 spiro atoms. The lowest BCUT2D eigenvalue weighted by atomic mass is 10.1. The van der Waals surface area contributed by atoms with E-state index in [-0.39, 0.29) is 17.2 Å². The molecule has 0 fully saturated rings. The van der Waals surface area contributed by atoms with Crippen molar-refractivity contribution in [1.29, 1.82) is 0 Å². The average Bonchev–Trinajstić information content (AvgIpc) is 2.21. The van der Waals surface area contributed by atoms with Gasteiger partial charge in [-0.3, -0.25) is 9.59 Å². The summed E-state index contributed by atoms with van der Waals surface area (Å²) in [5.41, 5.74) is 0. The van der Waals surface area contributed by atoms with Crippen LogP contribution in [0.2, 0.25) is 18.1 Å². The molecule has 100 valence electrons. The largest absolute Gasteiger partial charge is 0.541 e. The summed E-state index contributed by atoms with van der Waals surface area (Å²) in [7, 11) is -2.05. The van der Waals surface area contributed by atoms with Crippen LogP contribution >= 0.6 is 0 Å². The van der Waals surface area contributed by atoms with Crippen LogP contribution in [0.15, 0.2) is 23.7 Å². The van der Waals surface area contributed by atoms with Gasteiger partial charge >= 0.3 is 0 Å². The number of hydrogen-bond acceptors (Lipinski definition) is 4. The van der Waals surface area contributed by atoms with Crippen molar-refractivity contribution < 1.29 is 18.8 Å². The summed E-state index contributed by atoms with van der Waals surface area (Å²) in [5, 5.41) is 0.0148. The topological polar surface area (TPSA) is 52.6 Å². The fourth-order valence-corrected chi connectivity index (χ4v) is 2.24. The third-order valence-electron chi connectivity index (χ3n) is 3.39. The summed E-state index contributed by atoms with van der Waals surface area (Å²) in [6.45, 7) is 10.8. The Bertz CT molecular complexity index is 413. The minimum Gasteiger partial charge on any atom is -0.541 e. The first kappa shape index (κ1) is 14.7. The van der Waals surface area contributed by atoms with Gasteiger partial charge in [0.1, 0.15) is 5.76 Å². The van der Waals surface area contributed by atoms with Gasteiger partial charge in [-0.2, -0.15) is 0 Å². The third-order valence-corrected chi connectivity index (χ3v) is 7.73. The molecule has 0 aromatic rings. The minimum atomic E-state index is -2.05. The lowest BCUT2D eigenvalue weighted by molar-refractivity contribution is -0.125. The van der Waals surface area contributed by atoms with Crippen LogP contribution in [-0.4, -0.2) is 20.6 Å². The zero-order chi connectivity index (χ0) is 14.0. The highest BCUT2D eigenvalue weighted by atomic mass is 28.4. The van der Waals surface area contributed by atoms with Gasteiger partial charge in [-0.25, -0.2) is 0 Å². The Balaban J connectivity index is 2.91. The summed E-state index contributed by atoms with van der Waals surface area (Å²) in [6, 6.07) is 0. The molecule has 0 amide bonds. The fraction of sp³-hybridized carbons (Fsp3) is 0.538. The highest BCUT2D eigenvalue weighted by Crippen LogP contribution is 2.38. The maximum absolute atomic E-state index is 11.8. The van der Waals surface area contributed by atoms with Crippen molar-refractivity contribution in [3.8, 4) is 0 Å². The third kappa shape index (κ3) is 3.32. The van der Waals surface area contributed by atoms with Gasteiger partial charge in [0.05, 0.1) is 0 Å². The Hall–Kier alpha value is -1.36. The number of hydrogen-bond donors (Lipinski definition) is 0. The van der Waals surface area contributed by atoms with E-state index in [1.54, 1.807) is 6.08 Å². The lowest BCUT2D eigenvalue weighted by Gasteiger charge is -2.37. The van der Waals surface area contributed by atoms with E-state index in [0.717, 1.165) is 0 Å². The molecule has 0 aromatic carbocycles. The van der Waals surface area contributed by atoms with E-state index in [0.29, 0.717) is 18.0 Å². The van der Waals surface area contributed by atoms with Crippen molar-refractivity contribution in [1.82, 2.24) is 0 Å². The van der Waals surface area contributed by atoms with Gasteiger partial charge in [-0.1, -0.05) is 20.8 Å². The Kier molecular flexibility index (Phi) is 4.16. The summed E-state index contributed by atoms with van der Waals surface area (Å²) in [5.74, 6) is 0.609. The normalized spacial score (nSPS) is 16.8. The number of carbonyl (C=O) groups excluding carboxylic acids is 2. The van der Waals surface area contributed by atoms with Gasteiger partial charge < -0.3 is 9.16 Å². The number of Topliss-reactive ketones (excluding diaryl/α,β-unsaturated/α-hetero) is 1. The van der Waals surface area contributed by atoms with Crippen LogP contribution in [0.3, 0.4) is 0 Å². The lowest BCUT2D eigenvalue weighted by Crippen LogP contribution is -2.41. The van der Waals surface area contributed by atoms with Crippen LogP contribution < -0.4 is 0 Å². The van der Waals surface area contributed by atoms with E-state index in [9.17, 15) is 9.59 Å². The summed E-state index contributed by atoms with van der Waals surface area (Å²) in [6.07, 6.45) is 3.29. The number of rotatable bonds is 4. The number of ketones is 1. The molecule has 0 unspecified atom stereocenters. The van der Waals surface area contributed by atoms with E-state index in [1.807, 2.05) is 0 Å². The monoisotopic (exact) mass is 268 g/mol. The van der Waals surface area contributed by atoms with Crippen molar-refractivity contribution in [3.63, 3.8) is 0 Å². The van der Waals surface area contributed by atoms with Crippen molar-refractivity contribution in [2.45, 2.75) is 45.3 Å². The Labute approximate surface area is 109 Å². The molecule has 0 N–H and O–H groups in total. The van der Waals surface area contributed by atoms with E-state index in [2.05, 4.69) is 33.9 Å². The molecule has 1 aliphatic rings. The van der Waals surface area contributed by atoms with Crippen molar-refractivity contribution in [2.75, 3.05) is 0 Å². The van der Waals surface area contributed by atoms with E-state index in [4.69, 9.17) is 9.16 Å². The zero-order valence-corrected chi connectivity index (χ0v) is 12.6. The SMILES string of the molecule is CC(C)(C)[Si](C)(C)OC1=CC(OC=O)=CCC1=O. The molecule has 5 heteroatoms. The molecule has 0 aliphatic heterocycles. The van der Waals surface area contributed by atoms with E-state index >= 15 is 0 Å². The average molecular weight is 268 g/mol.